The van der Waals surface area contributed by atoms with Gasteiger partial charge in [0, 0.05) is 10.6 Å². The summed E-state index contributed by atoms with van der Waals surface area (Å²) in [6.07, 6.45) is 1.79. The van der Waals surface area contributed by atoms with E-state index in [1.165, 1.54) is 0 Å². The molecule has 172 valence electrons. The van der Waals surface area contributed by atoms with Gasteiger partial charge >= 0.3 is 0 Å². The maximum atomic E-state index is 12.2. The quantitative estimate of drug-likeness (QED) is 0.303. The van der Waals surface area contributed by atoms with E-state index in [1.54, 1.807) is 6.21 Å². The van der Waals surface area contributed by atoms with Crippen LogP contribution in [0, 0.1) is 0 Å². The van der Waals surface area contributed by atoms with Gasteiger partial charge in [0.25, 0.3) is 0 Å². The normalized spacial score (nSPS) is 10.8. The van der Waals surface area contributed by atoms with E-state index < -0.39 is 0 Å². The fraction of sp³-hybridized carbons (Fsp3) is 0.231. The Labute approximate surface area is 199 Å². The SMILES string of the molecule is CCOc1ccc(CC(=O)N/N=C/c2ccc(OCc3ccccc3Cl)c(OCC)c2)cc1. The van der Waals surface area contributed by atoms with Gasteiger partial charge in [0.1, 0.15) is 12.4 Å². The number of hydrogen-bond acceptors (Lipinski definition) is 5. The van der Waals surface area contributed by atoms with Crippen molar-refractivity contribution in [3.05, 3.63) is 88.4 Å². The first-order valence-electron chi connectivity index (χ1n) is 10.8. The third-order valence-electron chi connectivity index (χ3n) is 4.61. The molecule has 0 aliphatic heterocycles. The highest BCUT2D eigenvalue weighted by atomic mass is 35.5. The van der Waals surface area contributed by atoms with Gasteiger partial charge in [-0.25, -0.2) is 5.43 Å². The second-order valence-electron chi connectivity index (χ2n) is 7.07. The molecule has 0 atom stereocenters. The number of carbonyl (C=O) groups excluding carboxylic acids is 1. The Morgan fingerprint density at radius 2 is 1.70 bits per heavy atom. The Bertz CT molecular complexity index is 1080. The molecule has 3 aromatic rings. The molecule has 33 heavy (non-hydrogen) atoms. The number of hydrazone groups is 1. The van der Waals surface area contributed by atoms with Gasteiger partial charge in [-0.15, -0.1) is 0 Å². The predicted molar refractivity (Wildman–Crippen MR) is 130 cm³/mol. The lowest BCUT2D eigenvalue weighted by Gasteiger charge is -2.13. The first-order valence-corrected chi connectivity index (χ1v) is 11.1. The van der Waals surface area contributed by atoms with E-state index in [1.807, 2.05) is 80.6 Å². The van der Waals surface area contributed by atoms with Gasteiger partial charge in [-0.2, -0.15) is 5.10 Å². The molecule has 1 N–H and O–H groups in total. The van der Waals surface area contributed by atoms with E-state index in [9.17, 15) is 4.79 Å². The highest BCUT2D eigenvalue weighted by Crippen LogP contribution is 2.29. The van der Waals surface area contributed by atoms with E-state index in [0.29, 0.717) is 36.3 Å². The lowest BCUT2D eigenvalue weighted by molar-refractivity contribution is -0.120. The lowest BCUT2D eigenvalue weighted by atomic mass is 10.1. The van der Waals surface area contributed by atoms with E-state index in [4.69, 9.17) is 25.8 Å². The van der Waals surface area contributed by atoms with Crippen molar-refractivity contribution in [3.8, 4) is 17.2 Å². The minimum Gasteiger partial charge on any atom is -0.494 e. The van der Waals surface area contributed by atoms with Crippen LogP contribution >= 0.6 is 11.6 Å². The highest BCUT2D eigenvalue weighted by Gasteiger charge is 2.08. The molecule has 6 nitrogen and oxygen atoms in total. The summed E-state index contributed by atoms with van der Waals surface area (Å²) < 4.78 is 17.0. The van der Waals surface area contributed by atoms with Crippen LogP contribution in [0.5, 0.6) is 17.2 Å². The summed E-state index contributed by atoms with van der Waals surface area (Å²) in [5, 5.41) is 4.71. The van der Waals surface area contributed by atoms with Gasteiger partial charge in [0.05, 0.1) is 25.8 Å². The molecule has 1 amide bonds. The van der Waals surface area contributed by atoms with Crippen LogP contribution in [0.4, 0.5) is 0 Å². The van der Waals surface area contributed by atoms with Crippen LogP contribution in [-0.4, -0.2) is 25.3 Å². The van der Waals surface area contributed by atoms with Crippen LogP contribution < -0.4 is 19.6 Å². The van der Waals surface area contributed by atoms with E-state index in [-0.39, 0.29) is 12.3 Å². The third kappa shape index (κ3) is 7.54. The topological polar surface area (TPSA) is 69.2 Å². The van der Waals surface area contributed by atoms with Gasteiger partial charge in [-0.1, -0.05) is 41.9 Å². The van der Waals surface area contributed by atoms with Gasteiger partial charge in [-0.3, -0.25) is 4.79 Å². The number of carbonyl (C=O) groups is 1. The summed E-state index contributed by atoms with van der Waals surface area (Å²) >= 11 is 6.20. The molecule has 0 aliphatic rings. The Morgan fingerprint density at radius 3 is 2.42 bits per heavy atom. The zero-order chi connectivity index (χ0) is 23.5. The third-order valence-corrected chi connectivity index (χ3v) is 4.98. The Balaban J connectivity index is 1.57. The van der Waals surface area contributed by atoms with Crippen LogP contribution in [0.3, 0.4) is 0 Å². The molecule has 0 saturated heterocycles. The van der Waals surface area contributed by atoms with E-state index in [0.717, 1.165) is 22.4 Å². The van der Waals surface area contributed by atoms with Crippen molar-refractivity contribution in [2.24, 2.45) is 5.10 Å². The van der Waals surface area contributed by atoms with Crippen LogP contribution in [0.15, 0.2) is 71.8 Å². The number of rotatable bonds is 11. The average molecular weight is 467 g/mol. The molecule has 7 heteroatoms. The van der Waals surface area contributed by atoms with Crippen LogP contribution in [0.1, 0.15) is 30.5 Å². The molecule has 0 heterocycles. The fourth-order valence-electron chi connectivity index (χ4n) is 3.04. The average Bonchev–Trinajstić information content (AvgIpc) is 2.81. The molecular formula is C26H27ClN2O4. The first-order chi connectivity index (χ1) is 16.1. The molecule has 0 bridgehead atoms. The predicted octanol–water partition coefficient (Wildman–Crippen LogP) is 5.41. The van der Waals surface area contributed by atoms with Crippen molar-refractivity contribution in [2.75, 3.05) is 13.2 Å². The molecule has 0 radical (unpaired) electrons. The van der Waals surface area contributed by atoms with Crippen molar-refractivity contribution >= 4 is 23.7 Å². The summed E-state index contributed by atoms with van der Waals surface area (Å²) in [7, 11) is 0. The molecule has 0 fully saturated rings. The highest BCUT2D eigenvalue weighted by molar-refractivity contribution is 6.31. The molecule has 0 aromatic heterocycles. The van der Waals surface area contributed by atoms with Crippen molar-refractivity contribution in [1.82, 2.24) is 5.43 Å². The summed E-state index contributed by atoms with van der Waals surface area (Å²) in [4.78, 5) is 12.2. The van der Waals surface area contributed by atoms with Gasteiger partial charge in [0.15, 0.2) is 11.5 Å². The second-order valence-corrected chi connectivity index (χ2v) is 7.47. The minimum absolute atomic E-state index is 0.208. The maximum Gasteiger partial charge on any atom is 0.244 e. The molecular weight excluding hydrogens is 440 g/mol. The van der Waals surface area contributed by atoms with Gasteiger partial charge in [0.2, 0.25) is 5.91 Å². The Kier molecular flexibility index (Phi) is 9.15. The molecule has 3 aromatic carbocycles. The fourth-order valence-corrected chi connectivity index (χ4v) is 3.23. The molecule has 0 saturated carbocycles. The first kappa shape index (κ1) is 24.1. The standard InChI is InChI=1S/C26H27ClN2O4/c1-3-31-22-12-9-19(10-13-22)16-26(30)29-28-17-20-11-14-24(25(15-20)32-4-2)33-18-21-7-5-6-8-23(21)27/h5-15,17H,3-4,16,18H2,1-2H3,(H,29,30)/b28-17+. The van der Waals surface area contributed by atoms with Crippen molar-refractivity contribution < 1.29 is 19.0 Å². The minimum atomic E-state index is -0.208. The van der Waals surface area contributed by atoms with Crippen molar-refractivity contribution in [1.29, 1.82) is 0 Å². The number of ether oxygens (including phenoxy) is 3. The zero-order valence-corrected chi connectivity index (χ0v) is 19.5. The monoisotopic (exact) mass is 466 g/mol. The largest absolute Gasteiger partial charge is 0.494 e. The molecule has 0 aliphatic carbocycles. The van der Waals surface area contributed by atoms with Crippen molar-refractivity contribution in [2.45, 2.75) is 26.9 Å². The Hall–Kier alpha value is -3.51. The number of halogens is 1. The summed E-state index contributed by atoms with van der Waals surface area (Å²) in [5.41, 5.74) is 5.09. The van der Waals surface area contributed by atoms with Crippen LogP contribution in [-0.2, 0) is 17.8 Å². The summed E-state index contributed by atoms with van der Waals surface area (Å²) in [6.45, 7) is 5.25. The lowest BCUT2D eigenvalue weighted by Crippen LogP contribution is -2.19. The molecule has 0 unspecified atom stereocenters. The van der Waals surface area contributed by atoms with Crippen LogP contribution in [0.2, 0.25) is 5.02 Å². The molecule has 0 spiro atoms. The van der Waals surface area contributed by atoms with Crippen molar-refractivity contribution in [3.63, 3.8) is 0 Å². The maximum absolute atomic E-state index is 12.2. The van der Waals surface area contributed by atoms with E-state index in [2.05, 4.69) is 10.5 Å². The van der Waals surface area contributed by atoms with Gasteiger partial charge in [-0.05, 0) is 61.4 Å². The number of amides is 1. The number of benzene rings is 3. The smallest absolute Gasteiger partial charge is 0.244 e. The number of nitrogens with zero attached hydrogens (tertiary/aromatic N) is 1. The number of nitrogens with one attached hydrogen (secondary N) is 1. The van der Waals surface area contributed by atoms with Crippen LogP contribution in [0.25, 0.3) is 0 Å². The summed E-state index contributed by atoms with van der Waals surface area (Å²) in [5.74, 6) is 1.77. The second kappa shape index (κ2) is 12.5. The van der Waals surface area contributed by atoms with Gasteiger partial charge < -0.3 is 14.2 Å². The molecule has 3 rings (SSSR count). The van der Waals surface area contributed by atoms with E-state index >= 15 is 0 Å². The number of hydrogen-bond donors (Lipinski definition) is 1. The summed E-state index contributed by atoms with van der Waals surface area (Å²) in [6, 6.07) is 20.4. The Morgan fingerprint density at radius 1 is 0.939 bits per heavy atom. The zero-order valence-electron chi connectivity index (χ0n) is 18.7.